The smallest absolute Gasteiger partial charge is 0.182 e. The Balaban J connectivity index is 1.84. The summed E-state index contributed by atoms with van der Waals surface area (Å²) >= 11 is 0. The average molecular weight is 554 g/mol. The van der Waals surface area contributed by atoms with Gasteiger partial charge in [0.15, 0.2) is 7.29 Å². The molecule has 0 spiro atoms. The van der Waals surface area contributed by atoms with Crippen molar-refractivity contribution in [2.45, 2.75) is 108 Å². The van der Waals surface area contributed by atoms with Crippen LogP contribution in [0, 0.1) is 6.92 Å². The van der Waals surface area contributed by atoms with Gasteiger partial charge < -0.3 is 0 Å². The Labute approximate surface area is 243 Å². The van der Waals surface area contributed by atoms with Crippen molar-refractivity contribution >= 4 is 18.7 Å². The number of rotatable bonds is 2. The molecule has 2 aliphatic carbocycles. The van der Waals surface area contributed by atoms with Crippen molar-refractivity contribution in [2.75, 3.05) is 4.67 Å². The molecule has 2 nitrogen and oxygen atoms in total. The van der Waals surface area contributed by atoms with Gasteiger partial charge in [-0.15, -0.1) is 0 Å². The molecule has 5 rings (SSSR count). The predicted octanol–water partition coefficient (Wildman–Crippen LogP) is 11.6. The van der Waals surface area contributed by atoms with Crippen molar-refractivity contribution < 1.29 is 4.57 Å². The number of hydrogen-bond acceptors (Lipinski definition) is 1. The molecule has 3 atom stereocenters. The summed E-state index contributed by atoms with van der Waals surface area (Å²) < 4.78 is 18.8. The fraction of sp³-hybridized carbons (Fsp3) is 0.459. The monoisotopic (exact) mass is 553 g/mol. The molecule has 40 heavy (non-hydrogen) atoms. The number of hydrogen-bond donors (Lipinski definition) is 0. The van der Waals surface area contributed by atoms with Crippen LogP contribution < -0.4 is 4.67 Å². The van der Waals surface area contributed by atoms with Gasteiger partial charge in [-0.05, 0) is 80.3 Å². The Bertz CT molecular complexity index is 1280. The largest absolute Gasteiger partial charge is 0.299 e. The van der Waals surface area contributed by atoms with E-state index in [4.69, 9.17) is 0 Å². The standard InChI is InChI=1S/C37H48NOP/c1-31-20-12-5-2-7-15-23-34(28-31)38-35-24-16-8-3-6-13-21-32(29-35)33-22-14-11-19-27-37(30-33)40(38,39)36-25-17-9-4-10-18-26-36/h2-3,5-8,12-13,15-16,20-21,23-24,28-29,33,36-37H,4,9-11,14,17-19,22,25-27,30H2,1H3. The molecule has 1 aliphatic heterocycles. The maximum absolute atomic E-state index is 16.4. The van der Waals surface area contributed by atoms with E-state index in [1.165, 1.54) is 68.9 Å². The Kier molecular flexibility index (Phi) is 10.4. The molecule has 2 fully saturated rings. The van der Waals surface area contributed by atoms with Gasteiger partial charge in [0, 0.05) is 22.7 Å². The first-order chi connectivity index (χ1) is 19.7. The van der Waals surface area contributed by atoms with Crippen LogP contribution in [0.25, 0.3) is 0 Å². The highest BCUT2D eigenvalue weighted by molar-refractivity contribution is 7.67. The minimum Gasteiger partial charge on any atom is -0.299 e. The second kappa shape index (κ2) is 14.4. The average Bonchev–Trinajstić information content (AvgIpc) is 2.90. The van der Waals surface area contributed by atoms with E-state index < -0.39 is 7.29 Å². The molecule has 4 bridgehead atoms. The molecule has 2 aromatic rings. The summed E-state index contributed by atoms with van der Waals surface area (Å²) in [6.07, 6.45) is 15.5. The van der Waals surface area contributed by atoms with Crippen molar-refractivity contribution in [1.29, 1.82) is 0 Å². The van der Waals surface area contributed by atoms with E-state index in [1.807, 2.05) is 0 Å². The summed E-state index contributed by atoms with van der Waals surface area (Å²) in [5.74, 6) is 0.467. The van der Waals surface area contributed by atoms with E-state index in [-0.39, 0.29) is 11.3 Å². The first-order valence-electron chi connectivity index (χ1n) is 15.9. The molecular formula is C37H48NOP. The van der Waals surface area contributed by atoms with Gasteiger partial charge in [-0.3, -0.25) is 9.24 Å². The summed E-state index contributed by atoms with van der Waals surface area (Å²) in [5.41, 5.74) is 5.18. The van der Waals surface area contributed by atoms with Crippen LogP contribution in [-0.4, -0.2) is 11.3 Å². The summed E-state index contributed by atoms with van der Waals surface area (Å²) in [4.78, 5) is 0. The molecule has 0 radical (unpaired) electrons. The summed E-state index contributed by atoms with van der Waals surface area (Å²) in [6, 6.07) is 34.7. The lowest BCUT2D eigenvalue weighted by Crippen LogP contribution is -2.33. The fourth-order valence-corrected chi connectivity index (χ4v) is 11.7. The van der Waals surface area contributed by atoms with Crippen LogP contribution in [0.3, 0.4) is 0 Å². The zero-order chi connectivity index (χ0) is 27.6. The van der Waals surface area contributed by atoms with E-state index in [1.54, 1.807) is 0 Å². The van der Waals surface area contributed by atoms with Gasteiger partial charge in [0.1, 0.15) is 0 Å². The Morgan fingerprint density at radius 2 is 1.07 bits per heavy atom. The van der Waals surface area contributed by atoms with Crippen LogP contribution in [-0.2, 0) is 4.57 Å². The van der Waals surface area contributed by atoms with Crippen LogP contribution in [0.2, 0.25) is 0 Å². The highest BCUT2D eigenvalue weighted by Gasteiger charge is 2.47. The number of fused-ring (bicyclic) bond motifs is 5. The third kappa shape index (κ3) is 7.01. The maximum Gasteiger partial charge on any atom is 0.182 e. The first-order valence-corrected chi connectivity index (χ1v) is 17.7. The Morgan fingerprint density at radius 3 is 1.77 bits per heavy atom. The van der Waals surface area contributed by atoms with E-state index >= 15 is 4.57 Å². The molecule has 1 heterocycles. The zero-order valence-corrected chi connectivity index (χ0v) is 25.4. The van der Waals surface area contributed by atoms with E-state index in [9.17, 15) is 0 Å². The van der Waals surface area contributed by atoms with Crippen LogP contribution in [0.4, 0.5) is 11.4 Å². The number of aryl methyl sites for hydroxylation is 1. The molecule has 3 aliphatic rings. The number of anilines is 2. The molecule has 3 unspecified atom stereocenters. The van der Waals surface area contributed by atoms with Gasteiger partial charge in [0.2, 0.25) is 0 Å². The van der Waals surface area contributed by atoms with Gasteiger partial charge in [-0.2, -0.15) is 0 Å². The minimum absolute atomic E-state index is 0.217. The SMILES string of the molecule is Cc1cccccccc(N2c3cccccccc(c3)C3CCCCCC(C3)P2(=O)C2CCCCCCC2)c1. The lowest BCUT2D eigenvalue weighted by Gasteiger charge is -2.46. The molecule has 2 aromatic carbocycles. The summed E-state index contributed by atoms with van der Waals surface area (Å²) in [6.45, 7) is 2.16. The molecule has 2 saturated carbocycles. The predicted molar refractivity (Wildman–Crippen MR) is 173 cm³/mol. The summed E-state index contributed by atoms with van der Waals surface area (Å²) in [7, 11) is -2.88. The summed E-state index contributed by atoms with van der Waals surface area (Å²) in [5, 5.41) is 0. The highest BCUT2D eigenvalue weighted by atomic mass is 31.2. The molecule has 0 N–H and O–H groups in total. The topological polar surface area (TPSA) is 20.3 Å². The first kappa shape index (κ1) is 28.9. The van der Waals surface area contributed by atoms with Crippen LogP contribution in [0.5, 0.6) is 0 Å². The molecule has 0 saturated heterocycles. The van der Waals surface area contributed by atoms with Crippen molar-refractivity contribution in [1.82, 2.24) is 0 Å². The third-order valence-corrected chi connectivity index (χ3v) is 13.5. The van der Waals surface area contributed by atoms with Gasteiger partial charge >= 0.3 is 0 Å². The molecule has 0 amide bonds. The van der Waals surface area contributed by atoms with Crippen LogP contribution in [0.1, 0.15) is 101 Å². The van der Waals surface area contributed by atoms with Gasteiger partial charge in [-0.25, -0.2) is 0 Å². The molecule has 212 valence electrons. The van der Waals surface area contributed by atoms with Crippen molar-refractivity contribution in [3.8, 4) is 0 Å². The quantitative estimate of drug-likeness (QED) is 0.345. The van der Waals surface area contributed by atoms with E-state index in [0.29, 0.717) is 5.92 Å². The maximum atomic E-state index is 16.4. The fourth-order valence-electron chi connectivity index (χ4n) is 7.27. The van der Waals surface area contributed by atoms with E-state index in [0.717, 1.165) is 37.1 Å². The van der Waals surface area contributed by atoms with Crippen LogP contribution in [0.15, 0.2) is 97.1 Å². The Morgan fingerprint density at radius 1 is 0.575 bits per heavy atom. The lowest BCUT2D eigenvalue weighted by atomic mass is 9.86. The van der Waals surface area contributed by atoms with Crippen molar-refractivity contribution in [3.05, 3.63) is 108 Å². The van der Waals surface area contributed by atoms with Gasteiger partial charge in [0.25, 0.3) is 0 Å². The second-order valence-electron chi connectivity index (χ2n) is 12.2. The molecule has 3 heteroatoms. The normalized spacial score (nSPS) is 25.4. The van der Waals surface area contributed by atoms with E-state index in [2.05, 4.69) is 109 Å². The van der Waals surface area contributed by atoms with Gasteiger partial charge in [0.05, 0.1) is 0 Å². The number of nitrogens with zero attached hydrogens (tertiary/aromatic N) is 1. The molecule has 0 aromatic heterocycles. The zero-order valence-electron chi connectivity index (χ0n) is 24.5. The van der Waals surface area contributed by atoms with Crippen LogP contribution >= 0.6 is 7.29 Å². The second-order valence-corrected chi connectivity index (χ2v) is 15.4. The van der Waals surface area contributed by atoms with Gasteiger partial charge in [-0.1, -0.05) is 124 Å². The third-order valence-electron chi connectivity index (χ3n) is 9.30. The van der Waals surface area contributed by atoms with Crippen molar-refractivity contribution in [3.63, 3.8) is 0 Å². The molecular weight excluding hydrogens is 505 g/mol. The minimum atomic E-state index is -2.88. The highest BCUT2D eigenvalue weighted by Crippen LogP contribution is 2.69. The van der Waals surface area contributed by atoms with Crippen molar-refractivity contribution in [2.24, 2.45) is 0 Å². The Hall–Kier alpha value is -2.57. The lowest BCUT2D eigenvalue weighted by molar-refractivity contribution is 0.431.